The summed E-state index contributed by atoms with van der Waals surface area (Å²) >= 11 is 6.18. The predicted molar refractivity (Wildman–Crippen MR) is 174 cm³/mol. The molecular formula is C35H28ClN3O6. The van der Waals surface area contributed by atoms with Crippen molar-refractivity contribution in [1.29, 1.82) is 0 Å². The number of para-hydroxylation sites is 2. The number of amides is 1. The molecule has 226 valence electrons. The van der Waals surface area contributed by atoms with Gasteiger partial charge in [-0.25, -0.2) is 4.79 Å². The lowest BCUT2D eigenvalue weighted by molar-refractivity contribution is -0.385. The SMILES string of the molecule is Cc1ccc(Nc2ccc(Cl)cc2C(=O)NC(Cc2ccc(-c3ccccc3Oc3ccccc3)cc2)C(=O)O)cc1[N+](=O)[O-]. The summed E-state index contributed by atoms with van der Waals surface area (Å²) in [6.45, 7) is 1.63. The Bertz CT molecular complexity index is 1860. The number of nitrogens with zero attached hydrogens (tertiary/aromatic N) is 1. The molecule has 0 aliphatic carbocycles. The van der Waals surface area contributed by atoms with Crippen LogP contribution in [0.2, 0.25) is 5.02 Å². The van der Waals surface area contributed by atoms with E-state index in [9.17, 15) is 24.8 Å². The Balaban J connectivity index is 1.32. The summed E-state index contributed by atoms with van der Waals surface area (Å²) in [6, 6.07) is 32.3. The first kappa shape index (κ1) is 30.8. The Labute approximate surface area is 264 Å². The second-order valence-electron chi connectivity index (χ2n) is 10.2. The molecule has 1 amide bonds. The van der Waals surface area contributed by atoms with Crippen LogP contribution in [0.4, 0.5) is 17.1 Å². The maximum Gasteiger partial charge on any atom is 0.326 e. The Hall–Kier alpha value is -5.67. The summed E-state index contributed by atoms with van der Waals surface area (Å²) in [5.41, 5.74) is 3.63. The molecule has 0 aromatic heterocycles. The Morgan fingerprint density at radius 1 is 0.911 bits per heavy atom. The predicted octanol–water partition coefficient (Wildman–Crippen LogP) is 8.19. The number of aryl methyl sites for hydroxylation is 1. The van der Waals surface area contributed by atoms with Crippen LogP contribution >= 0.6 is 11.6 Å². The van der Waals surface area contributed by atoms with Crippen LogP contribution < -0.4 is 15.4 Å². The molecule has 0 heterocycles. The van der Waals surface area contributed by atoms with Crippen molar-refractivity contribution in [3.8, 4) is 22.6 Å². The normalized spacial score (nSPS) is 11.3. The van der Waals surface area contributed by atoms with Crippen molar-refractivity contribution >= 4 is 40.5 Å². The Morgan fingerprint density at radius 2 is 1.62 bits per heavy atom. The number of hydrogen-bond acceptors (Lipinski definition) is 6. The van der Waals surface area contributed by atoms with E-state index in [0.29, 0.717) is 34.0 Å². The highest BCUT2D eigenvalue weighted by molar-refractivity contribution is 6.31. The second kappa shape index (κ2) is 13.7. The van der Waals surface area contributed by atoms with Crippen LogP contribution in [0.5, 0.6) is 11.5 Å². The molecule has 3 N–H and O–H groups in total. The number of anilines is 2. The monoisotopic (exact) mass is 621 g/mol. The third-order valence-electron chi connectivity index (χ3n) is 7.08. The van der Waals surface area contributed by atoms with Gasteiger partial charge in [-0.3, -0.25) is 14.9 Å². The number of carbonyl (C=O) groups excluding carboxylic acids is 1. The van der Waals surface area contributed by atoms with Gasteiger partial charge in [0.15, 0.2) is 0 Å². The summed E-state index contributed by atoms with van der Waals surface area (Å²) in [5.74, 6) is -0.490. The van der Waals surface area contributed by atoms with Gasteiger partial charge in [0.2, 0.25) is 0 Å². The fourth-order valence-electron chi connectivity index (χ4n) is 4.75. The number of ether oxygens (including phenoxy) is 1. The van der Waals surface area contributed by atoms with Gasteiger partial charge < -0.3 is 20.5 Å². The number of halogens is 1. The van der Waals surface area contributed by atoms with Gasteiger partial charge in [0.05, 0.1) is 16.2 Å². The van der Waals surface area contributed by atoms with Gasteiger partial charge in [-0.2, -0.15) is 0 Å². The zero-order valence-corrected chi connectivity index (χ0v) is 24.8. The molecule has 0 bridgehead atoms. The summed E-state index contributed by atoms with van der Waals surface area (Å²) in [6.07, 6.45) is 0.0248. The van der Waals surface area contributed by atoms with Crippen LogP contribution in [0.15, 0.2) is 115 Å². The molecule has 5 rings (SSSR count). The van der Waals surface area contributed by atoms with Gasteiger partial charge in [0.25, 0.3) is 11.6 Å². The van der Waals surface area contributed by atoms with Gasteiger partial charge in [-0.1, -0.05) is 78.3 Å². The first-order chi connectivity index (χ1) is 21.7. The quantitative estimate of drug-likeness (QED) is 0.100. The molecule has 0 saturated carbocycles. The van der Waals surface area contributed by atoms with Crippen LogP contribution in [-0.4, -0.2) is 27.9 Å². The fourth-order valence-corrected chi connectivity index (χ4v) is 4.93. The second-order valence-corrected chi connectivity index (χ2v) is 10.7. The molecule has 9 nitrogen and oxygen atoms in total. The van der Waals surface area contributed by atoms with Crippen LogP contribution in [-0.2, 0) is 11.2 Å². The number of aliphatic carboxylic acids is 1. The highest BCUT2D eigenvalue weighted by Gasteiger charge is 2.23. The lowest BCUT2D eigenvalue weighted by atomic mass is 9.99. The first-order valence-corrected chi connectivity index (χ1v) is 14.3. The molecular weight excluding hydrogens is 594 g/mol. The van der Waals surface area contributed by atoms with E-state index in [1.54, 1.807) is 31.2 Å². The topological polar surface area (TPSA) is 131 Å². The minimum Gasteiger partial charge on any atom is -0.480 e. The lowest BCUT2D eigenvalue weighted by Crippen LogP contribution is -2.42. The van der Waals surface area contributed by atoms with E-state index in [1.807, 2.05) is 78.9 Å². The highest BCUT2D eigenvalue weighted by atomic mass is 35.5. The Kier molecular flexibility index (Phi) is 9.40. The lowest BCUT2D eigenvalue weighted by Gasteiger charge is -2.18. The van der Waals surface area contributed by atoms with Gasteiger partial charge in [0, 0.05) is 34.3 Å². The van der Waals surface area contributed by atoms with E-state index in [0.717, 1.165) is 11.1 Å². The molecule has 0 spiro atoms. The summed E-state index contributed by atoms with van der Waals surface area (Å²) in [5, 5.41) is 27.2. The van der Waals surface area contributed by atoms with Crippen molar-refractivity contribution in [3.63, 3.8) is 0 Å². The summed E-state index contributed by atoms with van der Waals surface area (Å²) < 4.78 is 6.08. The molecule has 1 unspecified atom stereocenters. The summed E-state index contributed by atoms with van der Waals surface area (Å²) in [4.78, 5) is 36.5. The van der Waals surface area contributed by atoms with Gasteiger partial charge in [0.1, 0.15) is 17.5 Å². The van der Waals surface area contributed by atoms with E-state index in [-0.39, 0.29) is 22.7 Å². The molecule has 45 heavy (non-hydrogen) atoms. The average Bonchev–Trinajstić information content (AvgIpc) is 3.03. The maximum absolute atomic E-state index is 13.4. The number of carboxylic acid groups (broad SMARTS) is 1. The van der Waals surface area contributed by atoms with Crippen LogP contribution in [0.3, 0.4) is 0 Å². The number of hydrogen-bond donors (Lipinski definition) is 3. The standard InChI is InChI=1S/C35H28ClN3O6/c1-22-11-17-26(21-32(22)39(43)44)37-30-18-16-25(36)20-29(30)34(40)38-31(35(41)42)19-23-12-14-24(15-13-23)28-9-5-6-10-33(28)45-27-7-3-2-4-8-27/h2-18,20-21,31,37H,19H2,1H3,(H,38,40)(H,41,42). The molecule has 0 aliphatic rings. The molecule has 5 aromatic carbocycles. The maximum atomic E-state index is 13.4. The molecule has 1 atom stereocenters. The van der Waals surface area contributed by atoms with E-state index in [2.05, 4.69) is 10.6 Å². The van der Waals surface area contributed by atoms with E-state index in [1.165, 1.54) is 12.1 Å². The van der Waals surface area contributed by atoms with Crippen molar-refractivity contribution in [3.05, 3.63) is 147 Å². The minimum absolute atomic E-state index is 0.0248. The third kappa shape index (κ3) is 7.65. The number of nitro benzene ring substituents is 1. The molecule has 0 aliphatic heterocycles. The van der Waals surface area contributed by atoms with Crippen molar-refractivity contribution < 1.29 is 24.4 Å². The van der Waals surface area contributed by atoms with Crippen molar-refractivity contribution in [2.75, 3.05) is 5.32 Å². The Morgan fingerprint density at radius 3 is 2.33 bits per heavy atom. The number of carboxylic acids is 1. The third-order valence-corrected chi connectivity index (χ3v) is 7.31. The molecule has 0 radical (unpaired) electrons. The zero-order valence-electron chi connectivity index (χ0n) is 24.1. The molecule has 0 fully saturated rings. The zero-order chi connectivity index (χ0) is 31.9. The largest absolute Gasteiger partial charge is 0.480 e. The fraction of sp³-hybridized carbons (Fsp3) is 0.0857. The van der Waals surface area contributed by atoms with Gasteiger partial charge >= 0.3 is 5.97 Å². The first-order valence-electron chi connectivity index (χ1n) is 13.9. The number of nitro groups is 1. The minimum atomic E-state index is -1.25. The molecule has 5 aromatic rings. The van der Waals surface area contributed by atoms with Crippen molar-refractivity contribution in [2.45, 2.75) is 19.4 Å². The summed E-state index contributed by atoms with van der Waals surface area (Å²) in [7, 11) is 0. The number of rotatable bonds is 11. The number of nitrogens with one attached hydrogen (secondary N) is 2. The van der Waals surface area contributed by atoms with Crippen molar-refractivity contribution in [1.82, 2.24) is 5.32 Å². The van der Waals surface area contributed by atoms with Gasteiger partial charge in [-0.15, -0.1) is 0 Å². The van der Waals surface area contributed by atoms with E-state index >= 15 is 0 Å². The van der Waals surface area contributed by atoms with Crippen LogP contribution in [0.25, 0.3) is 11.1 Å². The van der Waals surface area contributed by atoms with E-state index < -0.39 is 22.8 Å². The van der Waals surface area contributed by atoms with Crippen molar-refractivity contribution in [2.24, 2.45) is 0 Å². The molecule has 10 heteroatoms. The van der Waals surface area contributed by atoms with Gasteiger partial charge in [-0.05, 0) is 60.5 Å². The smallest absolute Gasteiger partial charge is 0.326 e. The number of benzene rings is 5. The van der Waals surface area contributed by atoms with Crippen LogP contribution in [0.1, 0.15) is 21.5 Å². The number of carbonyl (C=O) groups is 2. The average molecular weight is 622 g/mol. The molecule has 0 saturated heterocycles. The highest BCUT2D eigenvalue weighted by Crippen LogP contribution is 2.33. The van der Waals surface area contributed by atoms with E-state index in [4.69, 9.17) is 16.3 Å². The van der Waals surface area contributed by atoms with Crippen LogP contribution in [0, 0.1) is 17.0 Å².